The maximum Gasteiger partial charge on any atom is 0.206 e. The molecule has 0 amide bonds. The Morgan fingerprint density at radius 2 is 0.794 bits per heavy atom. The van der Waals surface area contributed by atoms with Crippen molar-refractivity contribution in [3.8, 4) is 0 Å². The number of hydrogen-bond donors (Lipinski definition) is 0. The van der Waals surface area contributed by atoms with E-state index in [-0.39, 0.29) is 5.57 Å². The Morgan fingerprint density at radius 1 is 0.441 bits per heavy atom. The smallest absolute Gasteiger partial charge is 0.206 e. The molecule has 4 aromatic carbocycles. The molecule has 0 aliphatic heterocycles. The van der Waals surface area contributed by atoms with Gasteiger partial charge in [-0.2, -0.15) is 0 Å². The number of benzene rings is 4. The minimum Gasteiger partial charge on any atom is -0.307 e. The van der Waals surface area contributed by atoms with Gasteiger partial charge in [-0.1, -0.05) is 121 Å². The highest BCUT2D eigenvalue weighted by atomic mass is 31.2. The van der Waals surface area contributed by atoms with Crippen LogP contribution in [0.15, 0.2) is 134 Å². The van der Waals surface area contributed by atoms with Crippen molar-refractivity contribution >= 4 is 46.5 Å². The zero-order valence-corrected chi connectivity index (χ0v) is 20.1. The number of hydrogen-bond acceptors (Lipinski definition) is 4. The Morgan fingerprint density at radius 3 is 1.18 bits per heavy atom. The molecule has 166 valence electrons. The van der Waals surface area contributed by atoms with Gasteiger partial charge in [0.25, 0.3) is 0 Å². The molecular formula is C28H22N2O2P2. The van der Waals surface area contributed by atoms with Crippen LogP contribution in [0, 0.1) is 0 Å². The monoisotopic (exact) mass is 480 g/mol. The molecular weight excluding hydrogens is 458 g/mol. The van der Waals surface area contributed by atoms with Crippen LogP contribution >= 0.6 is 14.3 Å². The third kappa shape index (κ3) is 3.86. The van der Waals surface area contributed by atoms with Crippen molar-refractivity contribution in [3.63, 3.8) is 0 Å². The van der Waals surface area contributed by atoms with Crippen molar-refractivity contribution in [2.24, 2.45) is 0 Å². The van der Waals surface area contributed by atoms with E-state index in [0.29, 0.717) is 26.7 Å². The SMILES string of the molecule is O=P(c1ccccc1)(c1ccccc1)c1ccnc(P(=O)(c2ccccc2)c2ccccc2)n1. The second-order valence-electron chi connectivity index (χ2n) is 7.78. The van der Waals surface area contributed by atoms with Crippen LogP contribution in [-0.2, 0) is 9.13 Å². The molecule has 4 nitrogen and oxygen atoms in total. The van der Waals surface area contributed by atoms with E-state index in [0.717, 1.165) is 0 Å². The van der Waals surface area contributed by atoms with Gasteiger partial charge in [-0.15, -0.1) is 0 Å². The van der Waals surface area contributed by atoms with Gasteiger partial charge in [0.15, 0.2) is 12.7 Å². The summed E-state index contributed by atoms with van der Waals surface area (Å²) in [6.45, 7) is 0. The highest BCUT2D eigenvalue weighted by Crippen LogP contribution is 2.44. The van der Waals surface area contributed by atoms with Crippen LogP contribution < -0.4 is 32.2 Å². The van der Waals surface area contributed by atoms with Gasteiger partial charge in [-0.25, -0.2) is 9.97 Å². The standard InChI is InChI=1S/C28H22N2O2P2/c31-33(23-13-5-1-6-14-23,24-15-7-2-8-16-24)27-21-22-29-28(30-27)34(32,25-17-9-3-10-18-25)26-19-11-4-12-20-26/h1-22H. The summed E-state index contributed by atoms with van der Waals surface area (Å²) in [6, 6.07) is 38.8. The van der Waals surface area contributed by atoms with Crippen LogP contribution in [0.25, 0.3) is 0 Å². The first kappa shape index (κ1) is 22.2. The molecule has 0 aliphatic rings. The Labute approximate surface area is 199 Å². The van der Waals surface area contributed by atoms with Gasteiger partial charge < -0.3 is 9.13 Å². The average Bonchev–Trinajstić information content (AvgIpc) is 2.94. The minimum atomic E-state index is -3.40. The lowest BCUT2D eigenvalue weighted by molar-refractivity contribution is 0.591. The van der Waals surface area contributed by atoms with Gasteiger partial charge in [-0.05, 0) is 6.07 Å². The van der Waals surface area contributed by atoms with E-state index < -0.39 is 14.3 Å². The highest BCUT2D eigenvalue weighted by molar-refractivity contribution is 7.86. The topological polar surface area (TPSA) is 59.9 Å². The van der Waals surface area contributed by atoms with E-state index in [2.05, 4.69) is 4.98 Å². The predicted octanol–water partition coefficient (Wildman–Crippen LogP) is 3.76. The van der Waals surface area contributed by atoms with E-state index in [9.17, 15) is 9.13 Å². The van der Waals surface area contributed by atoms with Crippen LogP contribution in [-0.4, -0.2) is 9.97 Å². The van der Waals surface area contributed by atoms with Crippen LogP contribution in [0.2, 0.25) is 0 Å². The Hall–Kier alpha value is -3.58. The van der Waals surface area contributed by atoms with Crippen LogP contribution in [0.1, 0.15) is 0 Å². The third-order valence-corrected chi connectivity index (χ3v) is 11.5. The van der Waals surface area contributed by atoms with Crippen molar-refractivity contribution in [3.05, 3.63) is 134 Å². The highest BCUT2D eigenvalue weighted by Gasteiger charge is 2.36. The van der Waals surface area contributed by atoms with E-state index in [1.54, 1.807) is 12.3 Å². The number of rotatable bonds is 6. The molecule has 0 fully saturated rings. The molecule has 0 atom stereocenters. The molecule has 1 heterocycles. The van der Waals surface area contributed by atoms with Crippen LogP contribution in [0.5, 0.6) is 0 Å². The lowest BCUT2D eigenvalue weighted by atomic mass is 10.4. The second kappa shape index (κ2) is 9.35. The summed E-state index contributed by atoms with van der Waals surface area (Å²) in [5, 5.41) is 2.60. The summed E-state index contributed by atoms with van der Waals surface area (Å²) < 4.78 is 29.5. The van der Waals surface area contributed by atoms with E-state index >= 15 is 0 Å². The molecule has 0 aliphatic carbocycles. The zero-order chi connectivity index (χ0) is 23.4. The average molecular weight is 480 g/mol. The number of nitrogens with zero attached hydrogens (tertiary/aromatic N) is 2. The lowest BCUT2D eigenvalue weighted by Crippen LogP contribution is -2.35. The quantitative estimate of drug-likeness (QED) is 0.348. The molecule has 5 aromatic rings. The fourth-order valence-corrected chi connectivity index (χ4v) is 9.04. The van der Waals surface area contributed by atoms with Gasteiger partial charge in [0.2, 0.25) is 7.14 Å². The minimum absolute atomic E-state index is 0.175. The molecule has 1 aromatic heterocycles. The van der Waals surface area contributed by atoms with E-state index in [4.69, 9.17) is 4.98 Å². The maximum atomic E-state index is 14.8. The molecule has 6 heteroatoms. The van der Waals surface area contributed by atoms with E-state index in [1.165, 1.54) is 0 Å². The Bertz CT molecular complexity index is 1290. The maximum absolute atomic E-state index is 14.8. The molecule has 0 N–H and O–H groups in total. The summed E-state index contributed by atoms with van der Waals surface area (Å²) >= 11 is 0. The summed E-state index contributed by atoms with van der Waals surface area (Å²) in [5.74, 6) is 0. The largest absolute Gasteiger partial charge is 0.307 e. The lowest BCUT2D eigenvalue weighted by Gasteiger charge is -2.22. The molecule has 0 radical (unpaired) electrons. The molecule has 34 heavy (non-hydrogen) atoms. The van der Waals surface area contributed by atoms with Gasteiger partial charge in [0.1, 0.15) is 5.44 Å². The summed E-state index contributed by atoms with van der Waals surface area (Å²) in [7, 11) is -6.73. The fourth-order valence-electron chi connectivity index (χ4n) is 4.01. The summed E-state index contributed by atoms with van der Waals surface area (Å²) in [6.07, 6.45) is 1.56. The number of aromatic nitrogens is 2. The third-order valence-electron chi connectivity index (χ3n) is 5.71. The van der Waals surface area contributed by atoms with Crippen molar-refractivity contribution in [2.45, 2.75) is 0 Å². The van der Waals surface area contributed by atoms with Gasteiger partial charge >= 0.3 is 0 Å². The van der Waals surface area contributed by atoms with Crippen molar-refractivity contribution < 1.29 is 9.13 Å². The van der Waals surface area contributed by atoms with Crippen molar-refractivity contribution in [1.82, 2.24) is 9.97 Å². The van der Waals surface area contributed by atoms with Crippen molar-refractivity contribution in [2.75, 3.05) is 0 Å². The predicted molar refractivity (Wildman–Crippen MR) is 141 cm³/mol. The molecule has 0 bridgehead atoms. The Balaban J connectivity index is 1.76. The van der Waals surface area contributed by atoms with Crippen LogP contribution in [0.3, 0.4) is 0 Å². The second-order valence-corrected chi connectivity index (χ2v) is 13.1. The molecule has 0 spiro atoms. The Kier molecular flexibility index (Phi) is 6.11. The first-order valence-electron chi connectivity index (χ1n) is 10.9. The van der Waals surface area contributed by atoms with Crippen LogP contribution in [0.4, 0.5) is 0 Å². The fraction of sp³-hybridized carbons (Fsp3) is 0. The molecule has 5 rings (SSSR count). The van der Waals surface area contributed by atoms with E-state index in [1.807, 2.05) is 121 Å². The molecule has 0 saturated heterocycles. The normalized spacial score (nSPS) is 11.8. The first-order chi connectivity index (χ1) is 16.6. The van der Waals surface area contributed by atoms with Gasteiger partial charge in [0.05, 0.1) is 0 Å². The molecule has 0 saturated carbocycles. The zero-order valence-electron chi connectivity index (χ0n) is 18.3. The van der Waals surface area contributed by atoms with Gasteiger partial charge in [-0.3, -0.25) is 0 Å². The summed E-state index contributed by atoms with van der Waals surface area (Å²) in [5.41, 5.74) is 0.538. The summed E-state index contributed by atoms with van der Waals surface area (Å²) in [4.78, 5) is 9.25. The first-order valence-corrected chi connectivity index (χ1v) is 14.3. The van der Waals surface area contributed by atoms with Crippen molar-refractivity contribution in [1.29, 1.82) is 0 Å². The van der Waals surface area contributed by atoms with Gasteiger partial charge in [0, 0.05) is 27.4 Å². The molecule has 0 unspecified atom stereocenters.